The number of nitrogens with zero attached hydrogens (tertiary/aromatic N) is 2. The number of methoxy groups -OCH3 is 2. The Bertz CT molecular complexity index is 2250. The van der Waals surface area contributed by atoms with Crippen molar-refractivity contribution >= 4 is 56.3 Å². The number of esters is 2. The van der Waals surface area contributed by atoms with Crippen LogP contribution in [0.25, 0.3) is 55.5 Å². The Hall–Kier alpha value is -5.24. The van der Waals surface area contributed by atoms with E-state index in [-0.39, 0.29) is 18.8 Å². The number of nitrogens with one attached hydrogen (secondary N) is 2. The lowest BCUT2D eigenvalue weighted by Gasteiger charge is -2.10. The van der Waals surface area contributed by atoms with Crippen molar-refractivity contribution in [3.63, 3.8) is 0 Å². The molecule has 0 radical (unpaired) electrons. The van der Waals surface area contributed by atoms with Crippen LogP contribution in [-0.4, -0.2) is 46.1 Å². The highest BCUT2D eigenvalue weighted by atomic mass is 16.5. The zero-order valence-electron chi connectivity index (χ0n) is 29.9. The van der Waals surface area contributed by atoms with Gasteiger partial charge in [0.1, 0.15) is 0 Å². The van der Waals surface area contributed by atoms with Crippen molar-refractivity contribution < 1.29 is 19.1 Å². The molecule has 0 aliphatic carbocycles. The fourth-order valence-electron chi connectivity index (χ4n) is 7.21. The molecule has 8 nitrogen and oxygen atoms in total. The molecule has 2 aliphatic rings. The molecule has 3 aromatic heterocycles. The number of benzene rings is 1. The van der Waals surface area contributed by atoms with Crippen molar-refractivity contribution in [2.45, 2.75) is 74.1 Å². The average Bonchev–Trinajstić information content (AvgIpc) is 3.78. The van der Waals surface area contributed by atoms with Gasteiger partial charge in [-0.1, -0.05) is 44.2 Å². The number of allylic oxidation sites excluding steroid dienone is 4. The first-order valence-corrected chi connectivity index (χ1v) is 16.9. The maximum atomic E-state index is 13.0. The number of H-pyrrole nitrogens is 2. The molecule has 49 heavy (non-hydrogen) atoms. The van der Waals surface area contributed by atoms with Gasteiger partial charge in [0, 0.05) is 27.7 Å². The van der Waals surface area contributed by atoms with E-state index < -0.39 is 5.97 Å². The van der Waals surface area contributed by atoms with E-state index in [9.17, 15) is 9.59 Å². The molecular weight excluding hydrogens is 612 g/mol. The van der Waals surface area contributed by atoms with Gasteiger partial charge in [0.05, 0.1) is 55.4 Å². The Morgan fingerprint density at radius 1 is 0.653 bits per heavy atom. The van der Waals surface area contributed by atoms with Crippen molar-refractivity contribution in [3.05, 3.63) is 93.1 Å². The molecule has 1 aromatic carbocycles. The summed E-state index contributed by atoms with van der Waals surface area (Å²) in [6, 6.07) is 14.6. The quantitative estimate of drug-likeness (QED) is 0.192. The molecule has 0 saturated carbocycles. The summed E-state index contributed by atoms with van der Waals surface area (Å²) >= 11 is 0. The van der Waals surface area contributed by atoms with E-state index in [1.165, 1.54) is 25.4 Å². The summed E-state index contributed by atoms with van der Waals surface area (Å²) in [5, 5.41) is 0. The molecule has 0 spiro atoms. The van der Waals surface area contributed by atoms with Crippen molar-refractivity contribution in [1.82, 2.24) is 19.9 Å². The minimum Gasteiger partial charge on any atom is -0.469 e. The number of hydrogen-bond acceptors (Lipinski definition) is 6. The molecule has 6 rings (SSSR count). The molecule has 0 fully saturated rings. The van der Waals surface area contributed by atoms with Crippen LogP contribution in [0, 0.1) is 13.8 Å². The Morgan fingerprint density at radius 2 is 1.22 bits per heavy atom. The van der Waals surface area contributed by atoms with E-state index in [2.05, 4.69) is 74.1 Å². The molecule has 252 valence electrons. The van der Waals surface area contributed by atoms with Gasteiger partial charge in [-0.3, -0.25) is 9.59 Å². The summed E-state index contributed by atoms with van der Waals surface area (Å²) < 4.78 is 10.3. The van der Waals surface area contributed by atoms with E-state index in [4.69, 9.17) is 19.4 Å². The van der Waals surface area contributed by atoms with Gasteiger partial charge in [0.15, 0.2) is 0 Å². The van der Waals surface area contributed by atoms with E-state index in [1.54, 1.807) is 0 Å². The Balaban J connectivity index is 1.91. The normalized spacial score (nSPS) is 12.9. The minimum absolute atomic E-state index is 0.0281. The lowest BCUT2D eigenvalue weighted by molar-refractivity contribution is -0.140. The first-order chi connectivity index (χ1) is 23.5. The van der Waals surface area contributed by atoms with Crippen LogP contribution in [0.15, 0.2) is 42.5 Å². The second kappa shape index (κ2) is 13.3. The number of fused-ring (bicyclic) bond motifs is 8. The van der Waals surface area contributed by atoms with E-state index >= 15 is 0 Å². The van der Waals surface area contributed by atoms with Crippen LogP contribution < -0.4 is 0 Å². The van der Waals surface area contributed by atoms with Crippen LogP contribution in [0.1, 0.15) is 91.6 Å². The van der Waals surface area contributed by atoms with Gasteiger partial charge in [0.2, 0.25) is 0 Å². The highest BCUT2D eigenvalue weighted by Gasteiger charge is 2.26. The third-order valence-electron chi connectivity index (χ3n) is 10.2. The standard InChI is InChI=1S/C41H44N4O4/c1-10-27-23(5)32-19-31-21(3)22(4)38(42-31)30(18-36(47)49-9)39-29(17-35(46)48-8)25(7)34(43-39)20-33-24(6)28(11-2)41(45-33)37(40(27)44-32)26-15-13-12-14-16-26/h12-16,19-20,43,45H,10-11,17-18H2,1-9H3. The number of carbonyl (C=O) groups is 2. The van der Waals surface area contributed by atoms with Gasteiger partial charge >= 0.3 is 11.9 Å². The topological polar surface area (TPSA) is 110 Å². The third kappa shape index (κ3) is 5.79. The van der Waals surface area contributed by atoms with E-state index in [1.807, 2.05) is 26.8 Å². The van der Waals surface area contributed by atoms with Crippen molar-refractivity contribution in [2.24, 2.45) is 0 Å². The fraction of sp³-hybridized carbons (Fsp3) is 0.317. The summed E-state index contributed by atoms with van der Waals surface area (Å²) in [5.41, 5.74) is 17.9. The van der Waals surface area contributed by atoms with Gasteiger partial charge in [-0.25, -0.2) is 9.97 Å². The van der Waals surface area contributed by atoms with Gasteiger partial charge in [-0.2, -0.15) is 0 Å². The monoisotopic (exact) mass is 656 g/mol. The molecule has 0 amide bonds. The number of hydrogen-bond donors (Lipinski definition) is 2. The SMILES string of the molecule is CCC1=C(C)c2cc3nc(c(CC(=O)OC)c4[nH]c(cc5[nH]c(c(CC)c5C)c(-c5ccccc5)c1n2)c(C)c4CC(=O)OC)C(C)=C3C. The average molecular weight is 657 g/mol. The predicted octanol–water partition coefficient (Wildman–Crippen LogP) is 8.88. The highest BCUT2D eigenvalue weighted by Crippen LogP contribution is 2.42. The molecule has 0 saturated heterocycles. The predicted molar refractivity (Wildman–Crippen MR) is 198 cm³/mol. The van der Waals surface area contributed by atoms with Gasteiger partial charge in [-0.05, 0) is 110 Å². The van der Waals surface area contributed by atoms with E-state index in [0.29, 0.717) is 16.8 Å². The molecule has 4 aromatic rings. The lowest BCUT2D eigenvalue weighted by Crippen LogP contribution is -2.09. The number of aromatic amines is 2. The van der Waals surface area contributed by atoms with Gasteiger partial charge in [0.25, 0.3) is 0 Å². The molecule has 5 heterocycles. The Labute approximate surface area is 287 Å². The second-order valence-electron chi connectivity index (χ2n) is 12.8. The minimum atomic E-state index is -0.399. The largest absolute Gasteiger partial charge is 0.469 e. The zero-order chi connectivity index (χ0) is 35.1. The number of aryl methyl sites for hydroxylation is 3. The number of aromatic nitrogens is 4. The first kappa shape index (κ1) is 33.7. The summed E-state index contributed by atoms with van der Waals surface area (Å²) in [7, 11) is 2.77. The van der Waals surface area contributed by atoms with Crippen LogP contribution in [0.5, 0.6) is 0 Å². The number of rotatable bonds is 7. The summed E-state index contributed by atoms with van der Waals surface area (Å²) in [6.45, 7) is 14.7. The molecule has 8 heteroatoms. The highest BCUT2D eigenvalue weighted by molar-refractivity contribution is 6.02. The van der Waals surface area contributed by atoms with Crippen molar-refractivity contribution in [1.29, 1.82) is 0 Å². The fourth-order valence-corrected chi connectivity index (χ4v) is 7.21. The van der Waals surface area contributed by atoms with Crippen LogP contribution in [0.3, 0.4) is 0 Å². The van der Waals surface area contributed by atoms with Crippen molar-refractivity contribution in [3.8, 4) is 11.1 Å². The van der Waals surface area contributed by atoms with Crippen molar-refractivity contribution in [2.75, 3.05) is 14.2 Å². The smallest absolute Gasteiger partial charge is 0.310 e. The first-order valence-electron chi connectivity index (χ1n) is 16.9. The van der Waals surface area contributed by atoms with Gasteiger partial charge < -0.3 is 19.4 Å². The lowest BCUT2D eigenvalue weighted by atomic mass is 9.94. The Morgan fingerprint density at radius 3 is 1.84 bits per heavy atom. The van der Waals surface area contributed by atoms with Crippen LogP contribution >= 0.6 is 0 Å². The van der Waals surface area contributed by atoms with Gasteiger partial charge in [-0.15, -0.1) is 0 Å². The summed E-state index contributed by atoms with van der Waals surface area (Å²) in [4.78, 5) is 43.8. The van der Waals surface area contributed by atoms with Crippen LogP contribution in [-0.2, 0) is 38.3 Å². The number of carbonyl (C=O) groups excluding carboxylic acids is 2. The zero-order valence-corrected chi connectivity index (χ0v) is 29.9. The molecule has 2 N–H and O–H groups in total. The molecule has 0 atom stereocenters. The van der Waals surface area contributed by atoms with Crippen LogP contribution in [0.4, 0.5) is 0 Å². The molecule has 2 aliphatic heterocycles. The van der Waals surface area contributed by atoms with E-state index in [0.717, 1.165) is 91.0 Å². The molecule has 0 unspecified atom stereocenters. The maximum Gasteiger partial charge on any atom is 0.310 e. The summed E-state index contributed by atoms with van der Waals surface area (Å²) in [5.74, 6) is -0.770. The maximum absolute atomic E-state index is 13.0. The summed E-state index contributed by atoms with van der Waals surface area (Å²) in [6.07, 6.45) is 1.64. The van der Waals surface area contributed by atoms with Crippen LogP contribution in [0.2, 0.25) is 0 Å². The number of ether oxygens (including phenoxy) is 2. The second-order valence-corrected chi connectivity index (χ2v) is 12.8. The molecule has 8 bridgehead atoms. The third-order valence-corrected chi connectivity index (χ3v) is 10.2. The molecular formula is C41H44N4O4. The Kier molecular flexibility index (Phi) is 9.16.